The highest BCUT2D eigenvalue weighted by molar-refractivity contribution is 5.51. The first-order chi connectivity index (χ1) is 8.11. The van der Waals surface area contributed by atoms with Crippen molar-refractivity contribution in [2.75, 3.05) is 5.73 Å². The molecule has 0 saturated heterocycles. The van der Waals surface area contributed by atoms with E-state index in [0.29, 0.717) is 0 Å². The molecule has 0 unspecified atom stereocenters. The third-order valence-electron chi connectivity index (χ3n) is 2.13. The van der Waals surface area contributed by atoms with Crippen LogP contribution >= 0.6 is 0 Å². The van der Waals surface area contributed by atoms with Gasteiger partial charge in [0.25, 0.3) is 12.2 Å². The van der Waals surface area contributed by atoms with Crippen molar-refractivity contribution < 1.29 is 8.78 Å². The van der Waals surface area contributed by atoms with E-state index in [2.05, 4.69) is 10.1 Å². The van der Waals surface area contributed by atoms with Gasteiger partial charge in [0.15, 0.2) is 0 Å². The van der Waals surface area contributed by atoms with Crippen molar-refractivity contribution in [1.82, 2.24) is 14.8 Å². The van der Waals surface area contributed by atoms with Crippen molar-refractivity contribution >= 4 is 5.69 Å². The highest BCUT2D eigenvalue weighted by Gasteiger charge is 2.15. The van der Waals surface area contributed by atoms with Crippen molar-refractivity contribution in [3.63, 3.8) is 0 Å². The van der Waals surface area contributed by atoms with Crippen LogP contribution < -0.4 is 5.73 Å². The summed E-state index contributed by atoms with van der Waals surface area (Å²) in [6, 6.07) is 5.79. The number of hydrogen-bond donors (Lipinski definition) is 1. The molecule has 1 heterocycles. The summed E-state index contributed by atoms with van der Waals surface area (Å²) in [5.41, 5.74) is 5.59. The predicted octanol–water partition coefficient (Wildman–Crippen LogP) is 1.66. The van der Waals surface area contributed by atoms with Crippen molar-refractivity contribution in [3.05, 3.63) is 35.9 Å². The Kier molecular flexibility index (Phi) is 2.70. The molecule has 0 amide bonds. The van der Waals surface area contributed by atoms with Gasteiger partial charge in [0, 0.05) is 11.3 Å². The molecule has 0 atom stereocenters. The predicted molar refractivity (Wildman–Crippen MR) is 55.4 cm³/mol. The van der Waals surface area contributed by atoms with Gasteiger partial charge in [0.2, 0.25) is 0 Å². The van der Waals surface area contributed by atoms with E-state index < -0.39 is 6.43 Å². The number of benzene rings is 1. The number of aromatic nitrogens is 3. The molecule has 0 radical (unpaired) electrons. The molecule has 7 heteroatoms. The Morgan fingerprint density at radius 3 is 2.76 bits per heavy atom. The van der Waals surface area contributed by atoms with Gasteiger partial charge in [-0.3, -0.25) is 0 Å². The highest BCUT2D eigenvalue weighted by atomic mass is 19.3. The van der Waals surface area contributed by atoms with Gasteiger partial charge in [-0.1, -0.05) is 0 Å². The van der Waals surface area contributed by atoms with Crippen LogP contribution in [0.5, 0.6) is 0 Å². The van der Waals surface area contributed by atoms with Crippen molar-refractivity contribution in [3.8, 4) is 11.8 Å². The number of nitrogens with two attached hydrogens (primary N) is 1. The minimum absolute atomic E-state index is 0.0814. The average molecular weight is 235 g/mol. The molecule has 0 aliphatic heterocycles. The molecule has 86 valence electrons. The Morgan fingerprint density at radius 1 is 1.41 bits per heavy atom. The fourth-order valence-corrected chi connectivity index (χ4v) is 1.39. The van der Waals surface area contributed by atoms with Crippen LogP contribution in [-0.4, -0.2) is 14.8 Å². The van der Waals surface area contributed by atoms with Crippen LogP contribution in [0.4, 0.5) is 14.5 Å². The molecule has 0 saturated carbocycles. The molecule has 0 spiro atoms. The number of halogens is 2. The molecule has 0 aliphatic rings. The molecule has 0 fully saturated rings. The van der Waals surface area contributed by atoms with E-state index in [4.69, 9.17) is 11.0 Å². The lowest BCUT2D eigenvalue weighted by molar-refractivity contribution is 0.151. The Hall–Kier alpha value is -2.49. The van der Waals surface area contributed by atoms with E-state index in [1.165, 1.54) is 24.5 Å². The summed E-state index contributed by atoms with van der Waals surface area (Å²) in [7, 11) is 0. The molecule has 1 aromatic heterocycles. The number of anilines is 1. The normalized spacial score (nSPS) is 10.5. The van der Waals surface area contributed by atoms with E-state index in [-0.39, 0.29) is 22.8 Å². The zero-order valence-corrected chi connectivity index (χ0v) is 8.51. The SMILES string of the molecule is N#Cc1ncn(-c2ccc(N)cc2C(F)F)n1. The summed E-state index contributed by atoms with van der Waals surface area (Å²) in [5, 5.41) is 12.3. The van der Waals surface area contributed by atoms with Crippen LogP contribution in [0.15, 0.2) is 24.5 Å². The summed E-state index contributed by atoms with van der Waals surface area (Å²) in [6.45, 7) is 0. The smallest absolute Gasteiger partial charge is 0.266 e. The molecule has 2 N–H and O–H groups in total. The molecule has 0 bridgehead atoms. The van der Waals surface area contributed by atoms with E-state index in [9.17, 15) is 8.78 Å². The van der Waals surface area contributed by atoms with Gasteiger partial charge in [-0.05, 0) is 18.2 Å². The van der Waals surface area contributed by atoms with E-state index in [0.717, 1.165) is 4.68 Å². The highest BCUT2D eigenvalue weighted by Crippen LogP contribution is 2.27. The third-order valence-corrected chi connectivity index (χ3v) is 2.13. The summed E-state index contributed by atoms with van der Waals surface area (Å²) < 4.78 is 26.7. The van der Waals surface area contributed by atoms with Crippen LogP contribution in [0.25, 0.3) is 5.69 Å². The Morgan fingerprint density at radius 2 is 2.18 bits per heavy atom. The van der Waals surface area contributed by atoms with Crippen molar-refractivity contribution in [1.29, 1.82) is 5.26 Å². The number of nitrogens with zero attached hydrogens (tertiary/aromatic N) is 4. The fourth-order valence-electron chi connectivity index (χ4n) is 1.39. The average Bonchev–Trinajstić information content (AvgIpc) is 2.77. The minimum Gasteiger partial charge on any atom is -0.399 e. The van der Waals surface area contributed by atoms with Gasteiger partial charge in [0.1, 0.15) is 12.4 Å². The fraction of sp³-hybridized carbons (Fsp3) is 0.100. The number of nitriles is 1. The van der Waals surface area contributed by atoms with Crippen LogP contribution in [0, 0.1) is 11.3 Å². The maximum atomic E-state index is 12.8. The first-order valence-corrected chi connectivity index (χ1v) is 4.61. The second-order valence-corrected chi connectivity index (χ2v) is 3.24. The van der Waals surface area contributed by atoms with Gasteiger partial charge in [-0.25, -0.2) is 18.4 Å². The standard InChI is InChI=1S/C10H7F2N5/c11-10(12)7-3-6(14)1-2-8(7)17-5-15-9(4-13)16-17/h1-3,5,10H,14H2. The monoisotopic (exact) mass is 235 g/mol. The van der Waals surface area contributed by atoms with E-state index >= 15 is 0 Å². The van der Waals surface area contributed by atoms with Crippen LogP contribution in [0.1, 0.15) is 17.8 Å². The number of alkyl halides is 2. The van der Waals surface area contributed by atoms with E-state index in [1.807, 2.05) is 0 Å². The largest absolute Gasteiger partial charge is 0.399 e. The number of hydrogen-bond acceptors (Lipinski definition) is 4. The molecular formula is C10H7F2N5. The van der Waals surface area contributed by atoms with Crippen LogP contribution in [-0.2, 0) is 0 Å². The Labute approximate surface area is 95.1 Å². The summed E-state index contributed by atoms with van der Waals surface area (Å²) in [5.74, 6) is -0.0814. The van der Waals surface area contributed by atoms with Gasteiger partial charge in [-0.2, -0.15) is 5.26 Å². The van der Waals surface area contributed by atoms with Gasteiger partial charge < -0.3 is 5.73 Å². The summed E-state index contributed by atoms with van der Waals surface area (Å²) in [6.07, 6.45) is -1.47. The Balaban J connectivity index is 2.55. The van der Waals surface area contributed by atoms with Crippen molar-refractivity contribution in [2.24, 2.45) is 0 Å². The molecule has 0 aliphatic carbocycles. The van der Waals surface area contributed by atoms with Crippen LogP contribution in [0.3, 0.4) is 0 Å². The topological polar surface area (TPSA) is 80.5 Å². The molecule has 1 aromatic carbocycles. The summed E-state index contributed by atoms with van der Waals surface area (Å²) in [4.78, 5) is 3.65. The van der Waals surface area contributed by atoms with Crippen molar-refractivity contribution in [2.45, 2.75) is 6.43 Å². The molecule has 5 nitrogen and oxygen atoms in total. The maximum Gasteiger partial charge on any atom is 0.266 e. The van der Waals surface area contributed by atoms with Gasteiger partial charge in [0.05, 0.1) is 5.69 Å². The number of rotatable bonds is 2. The third kappa shape index (κ3) is 2.06. The number of nitrogen functional groups attached to an aromatic ring is 1. The maximum absolute atomic E-state index is 12.8. The quantitative estimate of drug-likeness (QED) is 0.802. The second-order valence-electron chi connectivity index (χ2n) is 3.24. The van der Waals surface area contributed by atoms with E-state index in [1.54, 1.807) is 6.07 Å². The first kappa shape index (κ1) is 11.0. The van der Waals surface area contributed by atoms with Gasteiger partial charge >= 0.3 is 0 Å². The van der Waals surface area contributed by atoms with Crippen LogP contribution in [0.2, 0.25) is 0 Å². The zero-order chi connectivity index (χ0) is 12.4. The lowest BCUT2D eigenvalue weighted by Gasteiger charge is -2.08. The van der Waals surface area contributed by atoms with Gasteiger partial charge in [-0.15, -0.1) is 5.10 Å². The lowest BCUT2D eigenvalue weighted by Crippen LogP contribution is -2.02. The summed E-state index contributed by atoms with van der Waals surface area (Å²) >= 11 is 0. The second kappa shape index (κ2) is 4.17. The molecule has 2 aromatic rings. The Bertz CT molecular complexity index is 585. The zero-order valence-electron chi connectivity index (χ0n) is 8.51. The molecular weight excluding hydrogens is 228 g/mol. The molecule has 17 heavy (non-hydrogen) atoms. The first-order valence-electron chi connectivity index (χ1n) is 4.61. The minimum atomic E-state index is -2.68. The lowest BCUT2D eigenvalue weighted by atomic mass is 10.1. The molecule has 2 rings (SSSR count).